The second-order valence-corrected chi connectivity index (χ2v) is 8.10. The molecule has 33 heavy (non-hydrogen) atoms. The topological polar surface area (TPSA) is 25.2 Å². The number of carbonyl (C=O) groups excluding carboxylic acids is 1. The van der Waals surface area contributed by atoms with Crippen molar-refractivity contribution in [3.8, 4) is 5.69 Å². The summed E-state index contributed by atoms with van der Waals surface area (Å²) in [5.74, 6) is -1.01. The summed E-state index contributed by atoms with van der Waals surface area (Å²) in [6.07, 6.45) is 1.06. The molecule has 0 amide bonds. The zero-order valence-corrected chi connectivity index (χ0v) is 18.5. The predicted molar refractivity (Wildman–Crippen MR) is 125 cm³/mol. The van der Waals surface area contributed by atoms with Crippen LogP contribution in [0.1, 0.15) is 28.0 Å². The molecule has 0 spiro atoms. The van der Waals surface area contributed by atoms with Gasteiger partial charge in [0, 0.05) is 54.8 Å². The highest BCUT2D eigenvalue weighted by Gasteiger charge is 2.25. The van der Waals surface area contributed by atoms with Crippen LogP contribution in [0.5, 0.6) is 0 Å². The van der Waals surface area contributed by atoms with E-state index in [-0.39, 0.29) is 35.6 Å². The number of Topliss-reactive ketones (excluding diaryl/α,β-unsaturated/α-hetero) is 1. The number of carbonyl (C=O) groups is 1. The van der Waals surface area contributed by atoms with Crippen molar-refractivity contribution in [2.24, 2.45) is 0 Å². The van der Waals surface area contributed by atoms with Crippen LogP contribution in [-0.4, -0.2) is 28.3 Å². The van der Waals surface area contributed by atoms with Crippen LogP contribution in [0.2, 0.25) is 0 Å². The maximum atomic E-state index is 14.1. The molecule has 2 heterocycles. The lowest BCUT2D eigenvalue weighted by Crippen LogP contribution is -2.32. The summed E-state index contributed by atoms with van der Waals surface area (Å²) < 4.78 is 42.7. The molecule has 0 saturated heterocycles. The molecule has 7 heteroatoms. The van der Waals surface area contributed by atoms with Gasteiger partial charge in [-0.1, -0.05) is 0 Å². The van der Waals surface area contributed by atoms with Gasteiger partial charge in [-0.2, -0.15) is 0 Å². The van der Waals surface area contributed by atoms with Crippen LogP contribution in [0.25, 0.3) is 16.6 Å². The quantitative estimate of drug-likeness (QED) is 0.329. The first kappa shape index (κ1) is 23.1. The molecule has 0 fully saturated rings. The van der Waals surface area contributed by atoms with Gasteiger partial charge in [-0.05, 0) is 72.3 Å². The van der Waals surface area contributed by atoms with E-state index in [0.29, 0.717) is 25.1 Å². The summed E-state index contributed by atoms with van der Waals surface area (Å²) >= 11 is 0. The van der Waals surface area contributed by atoms with Crippen molar-refractivity contribution in [3.63, 3.8) is 0 Å². The van der Waals surface area contributed by atoms with Gasteiger partial charge in [0.05, 0.1) is 5.52 Å². The van der Waals surface area contributed by atoms with Gasteiger partial charge in [0.1, 0.15) is 17.5 Å². The van der Waals surface area contributed by atoms with Crippen LogP contribution in [0.4, 0.5) is 13.2 Å². The van der Waals surface area contributed by atoms with E-state index in [1.165, 1.54) is 42.5 Å². The smallest absolute Gasteiger partial charge is 0.164 e. The Hall–Kier alpha value is -3.09. The fourth-order valence-electron chi connectivity index (χ4n) is 4.50. The summed E-state index contributed by atoms with van der Waals surface area (Å²) in [6, 6.07) is 16.6. The van der Waals surface area contributed by atoms with E-state index in [1.54, 1.807) is 24.3 Å². The Morgan fingerprint density at radius 3 is 2.18 bits per heavy atom. The normalized spacial score (nSPS) is 13.5. The largest absolute Gasteiger partial charge is 0.313 e. The number of hydrogen-bond acceptors (Lipinski definition) is 2. The lowest BCUT2D eigenvalue weighted by molar-refractivity contribution is 0.0960. The fourth-order valence-corrected chi connectivity index (χ4v) is 4.50. The Labute approximate surface area is 195 Å². The zero-order valence-electron chi connectivity index (χ0n) is 17.7. The Kier molecular flexibility index (Phi) is 6.58. The van der Waals surface area contributed by atoms with Crippen LogP contribution >= 0.6 is 12.4 Å². The molecule has 0 saturated carbocycles. The van der Waals surface area contributed by atoms with Gasteiger partial charge in [-0.25, -0.2) is 13.2 Å². The molecule has 0 atom stereocenters. The van der Waals surface area contributed by atoms with Gasteiger partial charge in [-0.3, -0.25) is 9.69 Å². The first-order valence-electron chi connectivity index (χ1n) is 10.6. The standard InChI is InChI=1S/C26H21F3N2O.ClH/c27-18-3-1-17(2-4-18)26(32)12-14-30-13-11-25-23(16-30)22-15-20(29)7-10-24(22)31(25)21-8-5-19(28)6-9-21;/h1-10,15H,11-14,16H2;1H. The van der Waals surface area contributed by atoms with Crippen molar-refractivity contribution in [3.05, 3.63) is 101 Å². The molecular formula is C26H22ClF3N2O. The Morgan fingerprint density at radius 2 is 1.48 bits per heavy atom. The number of halogens is 4. The lowest BCUT2D eigenvalue weighted by atomic mass is 10.0. The zero-order chi connectivity index (χ0) is 22.2. The maximum Gasteiger partial charge on any atom is 0.164 e. The van der Waals surface area contributed by atoms with Crippen molar-refractivity contribution in [2.75, 3.05) is 13.1 Å². The summed E-state index contributed by atoms with van der Waals surface area (Å²) in [6.45, 7) is 1.91. The van der Waals surface area contributed by atoms with Gasteiger partial charge >= 0.3 is 0 Å². The van der Waals surface area contributed by atoms with Crippen LogP contribution < -0.4 is 0 Å². The van der Waals surface area contributed by atoms with Crippen LogP contribution in [-0.2, 0) is 13.0 Å². The van der Waals surface area contributed by atoms with Crippen molar-refractivity contribution in [1.29, 1.82) is 0 Å². The average Bonchev–Trinajstić information content (AvgIpc) is 3.11. The number of nitrogens with zero attached hydrogens (tertiary/aromatic N) is 2. The summed E-state index contributed by atoms with van der Waals surface area (Å²) in [5, 5.41) is 0.832. The average molecular weight is 471 g/mol. The third kappa shape index (κ3) is 4.54. The van der Waals surface area contributed by atoms with E-state index < -0.39 is 0 Å². The lowest BCUT2D eigenvalue weighted by Gasteiger charge is -2.28. The predicted octanol–water partition coefficient (Wildman–Crippen LogP) is 6.10. The van der Waals surface area contributed by atoms with E-state index >= 15 is 0 Å². The van der Waals surface area contributed by atoms with Crippen molar-refractivity contribution < 1.29 is 18.0 Å². The minimum absolute atomic E-state index is 0. The van der Waals surface area contributed by atoms with Crippen molar-refractivity contribution >= 4 is 29.1 Å². The van der Waals surface area contributed by atoms with E-state index in [0.717, 1.165) is 40.8 Å². The Balaban J connectivity index is 0.00000259. The van der Waals surface area contributed by atoms with Crippen molar-refractivity contribution in [1.82, 2.24) is 9.47 Å². The monoisotopic (exact) mass is 470 g/mol. The second-order valence-electron chi connectivity index (χ2n) is 8.10. The number of benzene rings is 3. The molecule has 0 aliphatic carbocycles. The molecule has 0 N–H and O–H groups in total. The van der Waals surface area contributed by atoms with E-state index in [9.17, 15) is 18.0 Å². The van der Waals surface area contributed by atoms with E-state index in [4.69, 9.17) is 0 Å². The third-order valence-electron chi connectivity index (χ3n) is 6.10. The third-order valence-corrected chi connectivity index (χ3v) is 6.10. The molecule has 3 aromatic carbocycles. The first-order valence-corrected chi connectivity index (χ1v) is 10.6. The molecule has 170 valence electrons. The Bertz CT molecular complexity index is 1300. The summed E-state index contributed by atoms with van der Waals surface area (Å²) in [4.78, 5) is 14.7. The molecule has 0 unspecified atom stereocenters. The number of rotatable bonds is 5. The number of ketones is 1. The highest BCUT2D eigenvalue weighted by atomic mass is 35.5. The molecule has 1 aliphatic rings. The Morgan fingerprint density at radius 1 is 0.848 bits per heavy atom. The number of fused-ring (bicyclic) bond motifs is 3. The van der Waals surface area contributed by atoms with Gasteiger partial charge in [0.2, 0.25) is 0 Å². The summed E-state index contributed by atoms with van der Waals surface area (Å²) in [5.41, 5.74) is 4.33. The molecule has 3 nitrogen and oxygen atoms in total. The highest BCUT2D eigenvalue weighted by Crippen LogP contribution is 2.34. The second kappa shape index (κ2) is 9.41. The van der Waals surface area contributed by atoms with Crippen LogP contribution in [0, 0.1) is 17.5 Å². The number of aromatic nitrogens is 1. The van der Waals surface area contributed by atoms with Gasteiger partial charge in [-0.15, -0.1) is 12.4 Å². The molecule has 1 aromatic heterocycles. The first-order chi connectivity index (χ1) is 15.5. The molecule has 1 aliphatic heterocycles. The maximum absolute atomic E-state index is 14.1. The molecule has 5 rings (SSSR count). The molecule has 0 bridgehead atoms. The molecule has 0 radical (unpaired) electrons. The van der Waals surface area contributed by atoms with E-state index in [1.807, 2.05) is 0 Å². The SMILES string of the molecule is Cl.O=C(CCN1CCc2c(c3cc(F)ccc3n2-c2ccc(F)cc2)C1)c1ccc(F)cc1. The van der Waals surface area contributed by atoms with E-state index in [2.05, 4.69) is 9.47 Å². The molecular weight excluding hydrogens is 449 g/mol. The minimum atomic E-state index is -0.366. The number of hydrogen-bond donors (Lipinski definition) is 0. The van der Waals surface area contributed by atoms with Gasteiger partial charge < -0.3 is 4.57 Å². The minimum Gasteiger partial charge on any atom is -0.313 e. The van der Waals surface area contributed by atoms with Gasteiger partial charge in [0.15, 0.2) is 5.78 Å². The molecule has 4 aromatic rings. The van der Waals surface area contributed by atoms with Gasteiger partial charge in [0.25, 0.3) is 0 Å². The highest BCUT2D eigenvalue weighted by molar-refractivity contribution is 5.96. The summed E-state index contributed by atoms with van der Waals surface area (Å²) in [7, 11) is 0. The van der Waals surface area contributed by atoms with Crippen molar-refractivity contribution in [2.45, 2.75) is 19.4 Å². The fraction of sp³-hybridized carbons (Fsp3) is 0.192. The van der Waals surface area contributed by atoms with Crippen LogP contribution in [0.15, 0.2) is 66.7 Å². The van der Waals surface area contributed by atoms with Crippen LogP contribution in [0.3, 0.4) is 0 Å².